The van der Waals surface area contributed by atoms with Crippen molar-refractivity contribution in [3.63, 3.8) is 0 Å². The molecule has 0 saturated heterocycles. The van der Waals surface area contributed by atoms with Gasteiger partial charge in [0.15, 0.2) is 6.61 Å². The van der Waals surface area contributed by atoms with Crippen molar-refractivity contribution in [2.75, 3.05) is 13.2 Å². The van der Waals surface area contributed by atoms with Crippen LogP contribution in [0.5, 0.6) is 5.75 Å². The smallest absolute Gasteiger partial charge is 0.258 e. The lowest BCUT2D eigenvalue weighted by Crippen LogP contribution is -2.31. The number of halogens is 1. The minimum atomic E-state index is -0.128. The number of nitrogens with one attached hydrogen (secondary N) is 1. The Morgan fingerprint density at radius 3 is 2.92 bits per heavy atom. The molecule has 0 aliphatic heterocycles. The standard InChI is InChI=1S/C19H24ClN3O2/c20-16-7-8-18(17(13-16)15-5-2-1-3-6-15)25-14-19(24)21-10-12-23-11-4-9-22-23/h4,7-9,11,13,15H,1-3,5-6,10,12,14H2,(H,21,24). The van der Waals surface area contributed by atoms with Gasteiger partial charge in [0, 0.05) is 24.0 Å². The average molecular weight is 362 g/mol. The second-order valence-electron chi connectivity index (χ2n) is 6.42. The van der Waals surface area contributed by atoms with Crippen molar-refractivity contribution < 1.29 is 9.53 Å². The number of rotatable bonds is 7. The number of amides is 1. The lowest BCUT2D eigenvalue weighted by atomic mass is 9.84. The highest BCUT2D eigenvalue weighted by Crippen LogP contribution is 2.38. The molecule has 0 unspecified atom stereocenters. The summed E-state index contributed by atoms with van der Waals surface area (Å²) in [6.07, 6.45) is 9.69. The van der Waals surface area contributed by atoms with Gasteiger partial charge in [0.05, 0.1) is 6.54 Å². The molecule has 3 rings (SSSR count). The van der Waals surface area contributed by atoms with Gasteiger partial charge in [-0.2, -0.15) is 5.10 Å². The fourth-order valence-corrected chi connectivity index (χ4v) is 3.50. The van der Waals surface area contributed by atoms with Crippen LogP contribution in [0.15, 0.2) is 36.7 Å². The second kappa shape index (κ2) is 8.90. The van der Waals surface area contributed by atoms with E-state index in [1.165, 1.54) is 19.3 Å². The zero-order valence-electron chi connectivity index (χ0n) is 14.3. The molecule has 1 amide bonds. The predicted octanol–water partition coefficient (Wildman–Crippen LogP) is 3.78. The molecule has 1 aromatic carbocycles. The van der Waals surface area contributed by atoms with Crippen LogP contribution in [0.3, 0.4) is 0 Å². The molecule has 1 aliphatic rings. The van der Waals surface area contributed by atoms with Crippen LogP contribution in [-0.4, -0.2) is 28.8 Å². The molecule has 1 fully saturated rings. The Morgan fingerprint density at radius 2 is 2.16 bits per heavy atom. The lowest BCUT2D eigenvalue weighted by Gasteiger charge is -2.24. The van der Waals surface area contributed by atoms with Crippen LogP contribution in [0.4, 0.5) is 0 Å². The number of carbonyl (C=O) groups is 1. The van der Waals surface area contributed by atoms with Crippen LogP contribution >= 0.6 is 11.6 Å². The number of hydrogen-bond donors (Lipinski definition) is 1. The first kappa shape index (κ1) is 17.8. The van der Waals surface area contributed by atoms with E-state index in [0.29, 0.717) is 19.0 Å². The highest BCUT2D eigenvalue weighted by molar-refractivity contribution is 6.30. The Kier molecular flexibility index (Phi) is 6.34. The molecule has 0 atom stereocenters. The molecule has 1 aliphatic carbocycles. The minimum absolute atomic E-state index is 0.0143. The molecular weight excluding hydrogens is 338 g/mol. The van der Waals surface area contributed by atoms with E-state index in [2.05, 4.69) is 10.4 Å². The normalized spacial score (nSPS) is 15.1. The third kappa shape index (κ3) is 5.23. The molecule has 1 N–H and O–H groups in total. The Balaban J connectivity index is 1.52. The van der Waals surface area contributed by atoms with E-state index >= 15 is 0 Å². The van der Waals surface area contributed by atoms with Gasteiger partial charge in [-0.25, -0.2) is 0 Å². The van der Waals surface area contributed by atoms with Crippen LogP contribution in [0.25, 0.3) is 0 Å². The van der Waals surface area contributed by atoms with Crippen molar-refractivity contribution in [2.24, 2.45) is 0 Å². The molecule has 2 aromatic rings. The Hall–Kier alpha value is -2.01. The summed E-state index contributed by atoms with van der Waals surface area (Å²) in [5, 5.41) is 7.67. The molecule has 134 valence electrons. The maximum absolute atomic E-state index is 12.0. The van der Waals surface area contributed by atoms with E-state index in [4.69, 9.17) is 16.3 Å². The number of aromatic nitrogens is 2. The van der Waals surface area contributed by atoms with Crippen LogP contribution in [0.2, 0.25) is 5.02 Å². The molecule has 0 bridgehead atoms. The van der Waals surface area contributed by atoms with Crippen LogP contribution in [0.1, 0.15) is 43.6 Å². The maximum Gasteiger partial charge on any atom is 0.258 e. The van der Waals surface area contributed by atoms with Crippen molar-refractivity contribution in [1.29, 1.82) is 0 Å². The monoisotopic (exact) mass is 361 g/mol. The number of carbonyl (C=O) groups excluding carboxylic acids is 1. The van der Waals surface area contributed by atoms with Gasteiger partial charge in [-0.15, -0.1) is 0 Å². The molecular formula is C19H24ClN3O2. The van der Waals surface area contributed by atoms with E-state index in [-0.39, 0.29) is 12.5 Å². The van der Waals surface area contributed by atoms with E-state index < -0.39 is 0 Å². The molecule has 1 aromatic heterocycles. The van der Waals surface area contributed by atoms with Gasteiger partial charge < -0.3 is 10.1 Å². The number of ether oxygens (including phenoxy) is 1. The highest BCUT2D eigenvalue weighted by atomic mass is 35.5. The van der Waals surface area contributed by atoms with Gasteiger partial charge in [0.2, 0.25) is 0 Å². The quantitative estimate of drug-likeness (QED) is 0.816. The highest BCUT2D eigenvalue weighted by Gasteiger charge is 2.20. The molecule has 25 heavy (non-hydrogen) atoms. The number of hydrogen-bond acceptors (Lipinski definition) is 3. The fraction of sp³-hybridized carbons (Fsp3) is 0.474. The van der Waals surface area contributed by atoms with E-state index in [0.717, 1.165) is 29.2 Å². The largest absolute Gasteiger partial charge is 0.483 e. The zero-order chi connectivity index (χ0) is 17.5. The molecule has 5 nitrogen and oxygen atoms in total. The van der Waals surface area contributed by atoms with Gasteiger partial charge in [-0.05, 0) is 48.6 Å². The second-order valence-corrected chi connectivity index (χ2v) is 6.86. The predicted molar refractivity (Wildman–Crippen MR) is 98.0 cm³/mol. The molecule has 6 heteroatoms. The summed E-state index contributed by atoms with van der Waals surface area (Å²) in [4.78, 5) is 12.0. The van der Waals surface area contributed by atoms with Gasteiger partial charge >= 0.3 is 0 Å². The summed E-state index contributed by atoms with van der Waals surface area (Å²) in [5.74, 6) is 1.13. The first-order valence-corrected chi connectivity index (χ1v) is 9.26. The van der Waals surface area contributed by atoms with Crippen molar-refractivity contribution in [1.82, 2.24) is 15.1 Å². The molecule has 1 heterocycles. The molecule has 0 radical (unpaired) electrons. The van der Waals surface area contributed by atoms with Crippen molar-refractivity contribution in [2.45, 2.75) is 44.6 Å². The number of nitrogens with zero attached hydrogens (tertiary/aromatic N) is 2. The van der Waals surface area contributed by atoms with Crippen molar-refractivity contribution >= 4 is 17.5 Å². The summed E-state index contributed by atoms with van der Waals surface area (Å²) in [6.45, 7) is 1.19. The summed E-state index contributed by atoms with van der Waals surface area (Å²) in [6, 6.07) is 7.54. The fourth-order valence-electron chi connectivity index (χ4n) is 3.32. The van der Waals surface area contributed by atoms with Crippen LogP contribution < -0.4 is 10.1 Å². The topological polar surface area (TPSA) is 56.1 Å². The summed E-state index contributed by atoms with van der Waals surface area (Å²) >= 11 is 6.17. The summed E-state index contributed by atoms with van der Waals surface area (Å²) < 4.78 is 7.58. The first-order chi connectivity index (χ1) is 12.2. The maximum atomic E-state index is 12.0. The Bertz CT molecular complexity index is 682. The summed E-state index contributed by atoms with van der Waals surface area (Å²) in [5.41, 5.74) is 1.14. The lowest BCUT2D eigenvalue weighted by molar-refractivity contribution is -0.123. The van der Waals surface area contributed by atoms with Crippen LogP contribution in [0, 0.1) is 0 Å². The van der Waals surface area contributed by atoms with Gasteiger partial charge in [-0.1, -0.05) is 30.9 Å². The van der Waals surface area contributed by atoms with E-state index in [1.807, 2.05) is 30.5 Å². The Labute approximate surface area is 153 Å². The van der Waals surface area contributed by atoms with Gasteiger partial charge in [0.1, 0.15) is 5.75 Å². The first-order valence-electron chi connectivity index (χ1n) is 8.89. The van der Waals surface area contributed by atoms with Crippen molar-refractivity contribution in [3.05, 3.63) is 47.2 Å². The van der Waals surface area contributed by atoms with E-state index in [1.54, 1.807) is 10.9 Å². The minimum Gasteiger partial charge on any atom is -0.483 e. The third-order valence-corrected chi connectivity index (χ3v) is 4.83. The average Bonchev–Trinajstić information content (AvgIpc) is 3.15. The zero-order valence-corrected chi connectivity index (χ0v) is 15.0. The SMILES string of the molecule is O=C(COc1ccc(Cl)cc1C1CCCCC1)NCCn1cccn1. The molecule has 0 spiro atoms. The van der Waals surface area contributed by atoms with Gasteiger partial charge in [-0.3, -0.25) is 9.48 Å². The summed E-state index contributed by atoms with van der Waals surface area (Å²) in [7, 11) is 0. The van der Waals surface area contributed by atoms with Gasteiger partial charge in [0.25, 0.3) is 5.91 Å². The Morgan fingerprint density at radius 1 is 1.32 bits per heavy atom. The number of benzene rings is 1. The van der Waals surface area contributed by atoms with Crippen LogP contribution in [-0.2, 0) is 11.3 Å². The van der Waals surface area contributed by atoms with Crippen molar-refractivity contribution in [3.8, 4) is 5.75 Å². The third-order valence-electron chi connectivity index (χ3n) is 4.60. The van der Waals surface area contributed by atoms with E-state index in [9.17, 15) is 4.79 Å². The molecule has 1 saturated carbocycles.